The molecule has 2 aromatic rings. The number of hydrogen-bond acceptors (Lipinski definition) is 3. The smallest absolute Gasteiger partial charge is 0.137 e. The van der Waals surface area contributed by atoms with Gasteiger partial charge >= 0.3 is 0 Å². The molecule has 2 aromatic carbocycles. The number of anilines is 1. The number of methoxy groups -OCH3 is 1. The molecule has 0 aromatic heterocycles. The molecule has 0 fully saturated rings. The van der Waals surface area contributed by atoms with Crippen LogP contribution in [0.5, 0.6) is 11.5 Å². The summed E-state index contributed by atoms with van der Waals surface area (Å²) in [6, 6.07) is 13.7. The highest BCUT2D eigenvalue weighted by molar-refractivity contribution is 6.32. The Hall–Kier alpha value is -1.87. The van der Waals surface area contributed by atoms with Gasteiger partial charge in [-0.2, -0.15) is 0 Å². The summed E-state index contributed by atoms with van der Waals surface area (Å²) in [5.74, 6) is 1.55. The molecule has 0 bridgehead atoms. The molecule has 1 atom stereocenters. The first kappa shape index (κ1) is 15.5. The van der Waals surface area contributed by atoms with Crippen molar-refractivity contribution in [2.24, 2.45) is 0 Å². The zero-order valence-corrected chi connectivity index (χ0v) is 13.3. The highest BCUT2D eigenvalue weighted by atomic mass is 35.5. The van der Waals surface area contributed by atoms with Crippen molar-refractivity contribution < 1.29 is 9.47 Å². The zero-order valence-electron chi connectivity index (χ0n) is 12.5. The standard InChI is InChI=1S/C17H20ClNO2/c1-12-4-7-15(8-5-12)21-13(2)11-19-14-6-9-17(20-3)16(18)10-14/h4-10,13,19H,11H2,1-3H3. The number of aryl methyl sites for hydroxylation is 1. The van der Waals surface area contributed by atoms with Gasteiger partial charge in [-0.1, -0.05) is 29.3 Å². The van der Waals surface area contributed by atoms with E-state index < -0.39 is 0 Å². The Morgan fingerprint density at radius 3 is 2.48 bits per heavy atom. The topological polar surface area (TPSA) is 30.5 Å². The van der Waals surface area contributed by atoms with Crippen molar-refractivity contribution in [1.29, 1.82) is 0 Å². The highest BCUT2D eigenvalue weighted by Crippen LogP contribution is 2.27. The molecule has 0 heterocycles. The minimum absolute atomic E-state index is 0.0496. The second kappa shape index (κ2) is 7.23. The number of rotatable bonds is 6. The summed E-state index contributed by atoms with van der Waals surface area (Å²) in [7, 11) is 1.60. The van der Waals surface area contributed by atoms with Gasteiger partial charge < -0.3 is 14.8 Å². The highest BCUT2D eigenvalue weighted by Gasteiger charge is 2.06. The number of halogens is 1. The molecule has 1 unspecified atom stereocenters. The first-order chi connectivity index (χ1) is 10.1. The van der Waals surface area contributed by atoms with Crippen LogP contribution in [-0.2, 0) is 0 Å². The lowest BCUT2D eigenvalue weighted by molar-refractivity contribution is 0.234. The van der Waals surface area contributed by atoms with Crippen LogP contribution in [0, 0.1) is 6.92 Å². The first-order valence-electron chi connectivity index (χ1n) is 6.89. The molecule has 1 N–H and O–H groups in total. The van der Waals surface area contributed by atoms with Crippen molar-refractivity contribution in [2.75, 3.05) is 19.0 Å². The fourth-order valence-electron chi connectivity index (χ4n) is 1.93. The average Bonchev–Trinajstić information content (AvgIpc) is 2.48. The molecular formula is C17H20ClNO2. The Labute approximate surface area is 130 Å². The van der Waals surface area contributed by atoms with E-state index in [1.807, 2.05) is 49.4 Å². The van der Waals surface area contributed by atoms with Crippen LogP contribution >= 0.6 is 11.6 Å². The summed E-state index contributed by atoms with van der Waals surface area (Å²) in [5.41, 5.74) is 2.17. The number of hydrogen-bond donors (Lipinski definition) is 1. The van der Waals surface area contributed by atoms with E-state index in [1.165, 1.54) is 5.56 Å². The van der Waals surface area contributed by atoms with Gasteiger partial charge in [0, 0.05) is 5.69 Å². The Morgan fingerprint density at radius 2 is 1.86 bits per heavy atom. The van der Waals surface area contributed by atoms with Crippen LogP contribution in [0.1, 0.15) is 12.5 Å². The molecule has 0 radical (unpaired) electrons. The molecule has 3 nitrogen and oxygen atoms in total. The summed E-state index contributed by atoms with van der Waals surface area (Å²) in [4.78, 5) is 0. The first-order valence-corrected chi connectivity index (χ1v) is 7.27. The molecule has 0 aliphatic carbocycles. The number of nitrogens with one attached hydrogen (secondary N) is 1. The van der Waals surface area contributed by atoms with Crippen LogP contribution in [0.2, 0.25) is 5.02 Å². The second-order valence-corrected chi connectivity index (χ2v) is 5.38. The third kappa shape index (κ3) is 4.57. The van der Waals surface area contributed by atoms with Gasteiger partial charge in [0.15, 0.2) is 0 Å². The normalized spacial score (nSPS) is 11.8. The second-order valence-electron chi connectivity index (χ2n) is 4.97. The minimum Gasteiger partial charge on any atom is -0.495 e. The van der Waals surface area contributed by atoms with Crippen LogP contribution in [0.15, 0.2) is 42.5 Å². The van der Waals surface area contributed by atoms with E-state index in [9.17, 15) is 0 Å². The molecule has 0 spiro atoms. The van der Waals surface area contributed by atoms with Gasteiger partial charge in [0.25, 0.3) is 0 Å². The summed E-state index contributed by atoms with van der Waals surface area (Å²) in [6.07, 6.45) is 0.0496. The van der Waals surface area contributed by atoms with Crippen molar-refractivity contribution in [3.8, 4) is 11.5 Å². The van der Waals surface area contributed by atoms with Crippen LogP contribution in [0.25, 0.3) is 0 Å². The van der Waals surface area contributed by atoms with Crippen LogP contribution < -0.4 is 14.8 Å². The van der Waals surface area contributed by atoms with Crippen molar-refractivity contribution in [1.82, 2.24) is 0 Å². The van der Waals surface area contributed by atoms with E-state index in [1.54, 1.807) is 7.11 Å². The van der Waals surface area contributed by atoms with Crippen molar-refractivity contribution in [2.45, 2.75) is 20.0 Å². The maximum atomic E-state index is 6.09. The maximum absolute atomic E-state index is 6.09. The molecule has 0 saturated heterocycles. The fraction of sp³-hybridized carbons (Fsp3) is 0.294. The quantitative estimate of drug-likeness (QED) is 0.850. The van der Waals surface area contributed by atoms with Crippen LogP contribution in [0.4, 0.5) is 5.69 Å². The Kier molecular flexibility index (Phi) is 5.34. The molecule has 112 valence electrons. The lowest BCUT2D eigenvalue weighted by Gasteiger charge is -2.16. The predicted molar refractivity (Wildman–Crippen MR) is 87.8 cm³/mol. The van der Waals surface area contributed by atoms with E-state index in [-0.39, 0.29) is 6.10 Å². The van der Waals surface area contributed by atoms with Gasteiger partial charge in [-0.25, -0.2) is 0 Å². The van der Waals surface area contributed by atoms with Gasteiger partial charge in [0.1, 0.15) is 17.6 Å². The summed E-state index contributed by atoms with van der Waals surface area (Å²) < 4.78 is 11.0. The number of benzene rings is 2. The van der Waals surface area contributed by atoms with E-state index in [0.717, 1.165) is 11.4 Å². The van der Waals surface area contributed by atoms with Crippen LogP contribution in [-0.4, -0.2) is 19.8 Å². The SMILES string of the molecule is COc1ccc(NCC(C)Oc2ccc(C)cc2)cc1Cl. The van der Waals surface area contributed by atoms with Crippen LogP contribution in [0.3, 0.4) is 0 Å². The number of ether oxygens (including phenoxy) is 2. The third-order valence-corrected chi connectivity index (χ3v) is 3.40. The summed E-state index contributed by atoms with van der Waals surface area (Å²) >= 11 is 6.09. The van der Waals surface area contributed by atoms with E-state index in [2.05, 4.69) is 12.2 Å². The minimum atomic E-state index is 0.0496. The lowest BCUT2D eigenvalue weighted by atomic mass is 10.2. The summed E-state index contributed by atoms with van der Waals surface area (Å²) in [5, 5.41) is 3.90. The predicted octanol–water partition coefficient (Wildman–Crippen LogP) is 4.54. The van der Waals surface area contributed by atoms with Crippen molar-refractivity contribution >= 4 is 17.3 Å². The van der Waals surface area contributed by atoms with Gasteiger partial charge in [0.05, 0.1) is 18.7 Å². The molecular weight excluding hydrogens is 286 g/mol. The van der Waals surface area contributed by atoms with Crippen molar-refractivity contribution in [3.63, 3.8) is 0 Å². The third-order valence-electron chi connectivity index (χ3n) is 3.10. The lowest BCUT2D eigenvalue weighted by Crippen LogP contribution is -2.22. The Morgan fingerprint density at radius 1 is 1.14 bits per heavy atom. The summed E-state index contributed by atoms with van der Waals surface area (Å²) in [6.45, 7) is 4.77. The molecule has 21 heavy (non-hydrogen) atoms. The molecule has 0 amide bonds. The monoisotopic (exact) mass is 305 g/mol. The van der Waals surface area contributed by atoms with Gasteiger partial charge in [-0.05, 0) is 44.2 Å². The molecule has 0 saturated carbocycles. The van der Waals surface area contributed by atoms with E-state index in [4.69, 9.17) is 21.1 Å². The van der Waals surface area contributed by atoms with E-state index >= 15 is 0 Å². The van der Waals surface area contributed by atoms with Gasteiger partial charge in [-0.15, -0.1) is 0 Å². The Bertz CT molecular complexity index is 584. The average molecular weight is 306 g/mol. The van der Waals surface area contributed by atoms with Crippen molar-refractivity contribution in [3.05, 3.63) is 53.1 Å². The Balaban J connectivity index is 1.87. The maximum Gasteiger partial charge on any atom is 0.137 e. The fourth-order valence-corrected chi connectivity index (χ4v) is 2.19. The largest absolute Gasteiger partial charge is 0.495 e. The molecule has 0 aliphatic heterocycles. The molecule has 2 rings (SSSR count). The van der Waals surface area contributed by atoms with Gasteiger partial charge in [0.2, 0.25) is 0 Å². The molecule has 4 heteroatoms. The van der Waals surface area contributed by atoms with E-state index in [0.29, 0.717) is 17.3 Å². The molecule has 0 aliphatic rings. The van der Waals surface area contributed by atoms with Gasteiger partial charge in [-0.3, -0.25) is 0 Å². The zero-order chi connectivity index (χ0) is 15.2.